The summed E-state index contributed by atoms with van der Waals surface area (Å²) in [5.74, 6) is -1.65. The molecular weight excluding hydrogens is 234 g/mol. The number of carboxylic acid groups (broad SMARTS) is 1. The van der Waals surface area contributed by atoms with E-state index in [0.29, 0.717) is 32.6 Å². The van der Waals surface area contributed by atoms with Gasteiger partial charge in [-0.05, 0) is 19.8 Å². The Bertz CT molecular complexity index is 331. The molecule has 1 N–H and O–H groups in total. The second-order valence-electron chi connectivity index (χ2n) is 5.29. The van der Waals surface area contributed by atoms with Crippen LogP contribution >= 0.6 is 0 Å². The Morgan fingerprint density at radius 2 is 1.89 bits per heavy atom. The largest absolute Gasteiger partial charge is 0.481 e. The Morgan fingerprint density at radius 3 is 2.50 bits per heavy atom. The van der Waals surface area contributed by atoms with Crippen LogP contribution in [-0.2, 0) is 14.3 Å². The Hall–Kier alpha value is -1.10. The first-order chi connectivity index (χ1) is 8.61. The van der Waals surface area contributed by atoms with Crippen LogP contribution in [0, 0.1) is 11.8 Å². The number of hydrogen-bond donors (Lipinski definition) is 1. The zero-order valence-electron chi connectivity index (χ0n) is 10.8. The average Bonchev–Trinajstić information content (AvgIpc) is 2.38. The highest BCUT2D eigenvalue weighted by Gasteiger charge is 2.39. The molecule has 1 heterocycles. The van der Waals surface area contributed by atoms with Crippen molar-refractivity contribution in [2.24, 2.45) is 11.8 Å². The molecule has 2 unspecified atom stereocenters. The van der Waals surface area contributed by atoms with Crippen LogP contribution in [0.15, 0.2) is 0 Å². The van der Waals surface area contributed by atoms with Gasteiger partial charge in [0.15, 0.2) is 0 Å². The topological polar surface area (TPSA) is 66.8 Å². The normalized spacial score (nSPS) is 33.2. The van der Waals surface area contributed by atoms with Gasteiger partial charge >= 0.3 is 5.97 Å². The van der Waals surface area contributed by atoms with Gasteiger partial charge in [0.25, 0.3) is 0 Å². The van der Waals surface area contributed by atoms with E-state index >= 15 is 0 Å². The summed E-state index contributed by atoms with van der Waals surface area (Å²) >= 11 is 0. The molecule has 2 fully saturated rings. The Balaban J connectivity index is 2.07. The zero-order valence-corrected chi connectivity index (χ0v) is 10.8. The van der Waals surface area contributed by atoms with Gasteiger partial charge in [-0.2, -0.15) is 0 Å². The lowest BCUT2D eigenvalue weighted by atomic mass is 9.78. The summed E-state index contributed by atoms with van der Waals surface area (Å²) in [5.41, 5.74) is 0. The standard InChI is InChI=1S/C13H21NO4/c1-9-8-18-7-6-14(9)12(15)10-4-2-3-5-11(10)13(16)17/h9-11H,2-8H2,1H3,(H,16,17)/t9-,10?,11?/m1/s1. The SMILES string of the molecule is C[C@@H]1COCCN1C(=O)C1CCCCC1C(=O)O. The van der Waals surface area contributed by atoms with Crippen molar-refractivity contribution >= 4 is 11.9 Å². The number of rotatable bonds is 2. The number of nitrogens with zero attached hydrogens (tertiary/aromatic N) is 1. The Labute approximate surface area is 107 Å². The quantitative estimate of drug-likeness (QED) is 0.803. The number of amides is 1. The van der Waals surface area contributed by atoms with Crippen LogP contribution in [0.25, 0.3) is 0 Å². The summed E-state index contributed by atoms with van der Waals surface area (Å²) in [6, 6.07) is 0.0580. The molecule has 5 heteroatoms. The first kappa shape index (κ1) is 13.3. The molecule has 18 heavy (non-hydrogen) atoms. The fourth-order valence-electron chi connectivity index (χ4n) is 2.99. The Kier molecular flexibility index (Phi) is 4.22. The molecule has 0 bridgehead atoms. The van der Waals surface area contributed by atoms with Crippen LogP contribution in [0.2, 0.25) is 0 Å². The van der Waals surface area contributed by atoms with Crippen molar-refractivity contribution in [3.05, 3.63) is 0 Å². The van der Waals surface area contributed by atoms with E-state index in [4.69, 9.17) is 4.74 Å². The van der Waals surface area contributed by atoms with Gasteiger partial charge in [0.05, 0.1) is 31.1 Å². The van der Waals surface area contributed by atoms with Crippen LogP contribution in [-0.4, -0.2) is 47.7 Å². The van der Waals surface area contributed by atoms with E-state index in [1.165, 1.54) is 0 Å². The third-order valence-electron chi connectivity index (χ3n) is 4.05. The van der Waals surface area contributed by atoms with Crippen molar-refractivity contribution < 1.29 is 19.4 Å². The molecule has 1 saturated heterocycles. The highest BCUT2D eigenvalue weighted by Crippen LogP contribution is 2.32. The second-order valence-corrected chi connectivity index (χ2v) is 5.29. The van der Waals surface area contributed by atoms with Crippen molar-refractivity contribution in [1.82, 2.24) is 4.90 Å². The van der Waals surface area contributed by atoms with Crippen LogP contribution in [0.5, 0.6) is 0 Å². The maximum absolute atomic E-state index is 12.5. The van der Waals surface area contributed by atoms with E-state index in [0.717, 1.165) is 12.8 Å². The molecule has 0 radical (unpaired) electrons. The predicted molar refractivity (Wildman–Crippen MR) is 65.1 cm³/mol. The minimum Gasteiger partial charge on any atom is -0.481 e. The molecule has 2 rings (SSSR count). The van der Waals surface area contributed by atoms with E-state index in [2.05, 4.69) is 0 Å². The molecule has 3 atom stereocenters. The van der Waals surface area contributed by atoms with Crippen molar-refractivity contribution in [3.63, 3.8) is 0 Å². The number of carbonyl (C=O) groups is 2. The summed E-state index contributed by atoms with van der Waals surface area (Å²) in [6.07, 6.45) is 3.21. The molecule has 1 amide bonds. The van der Waals surface area contributed by atoms with Gasteiger partial charge in [-0.3, -0.25) is 9.59 Å². The first-order valence-electron chi connectivity index (χ1n) is 6.72. The maximum atomic E-state index is 12.5. The van der Waals surface area contributed by atoms with E-state index in [1.54, 1.807) is 4.90 Å². The first-order valence-corrected chi connectivity index (χ1v) is 6.72. The minimum absolute atomic E-state index is 0.0119. The Morgan fingerprint density at radius 1 is 1.22 bits per heavy atom. The van der Waals surface area contributed by atoms with Crippen LogP contribution in [0.4, 0.5) is 0 Å². The zero-order chi connectivity index (χ0) is 13.1. The van der Waals surface area contributed by atoms with Gasteiger partial charge in [-0.1, -0.05) is 12.8 Å². The van der Waals surface area contributed by atoms with Crippen molar-refractivity contribution in [2.75, 3.05) is 19.8 Å². The van der Waals surface area contributed by atoms with Crippen LogP contribution in [0.3, 0.4) is 0 Å². The van der Waals surface area contributed by atoms with Gasteiger partial charge < -0.3 is 14.7 Å². The fourth-order valence-corrected chi connectivity index (χ4v) is 2.99. The monoisotopic (exact) mass is 255 g/mol. The molecule has 1 aliphatic heterocycles. The lowest BCUT2D eigenvalue weighted by molar-refractivity contribution is -0.156. The van der Waals surface area contributed by atoms with Gasteiger partial charge in [-0.25, -0.2) is 0 Å². The smallest absolute Gasteiger partial charge is 0.307 e. The third kappa shape index (κ3) is 2.66. The number of carbonyl (C=O) groups excluding carboxylic acids is 1. The molecule has 0 aromatic heterocycles. The molecule has 1 saturated carbocycles. The summed E-state index contributed by atoms with van der Waals surface area (Å²) in [7, 11) is 0. The lowest BCUT2D eigenvalue weighted by Crippen LogP contribution is -2.51. The van der Waals surface area contributed by atoms with Gasteiger partial charge in [-0.15, -0.1) is 0 Å². The molecule has 102 valence electrons. The van der Waals surface area contributed by atoms with Gasteiger partial charge in [0.2, 0.25) is 5.91 Å². The van der Waals surface area contributed by atoms with Gasteiger partial charge in [0, 0.05) is 6.54 Å². The minimum atomic E-state index is -0.825. The van der Waals surface area contributed by atoms with E-state index in [1.807, 2.05) is 6.92 Å². The van der Waals surface area contributed by atoms with E-state index < -0.39 is 11.9 Å². The number of ether oxygens (including phenoxy) is 1. The summed E-state index contributed by atoms with van der Waals surface area (Å²) in [5, 5.41) is 9.23. The van der Waals surface area contributed by atoms with Crippen molar-refractivity contribution in [3.8, 4) is 0 Å². The molecule has 0 aromatic carbocycles. The molecular formula is C13H21NO4. The van der Waals surface area contributed by atoms with E-state index in [-0.39, 0.29) is 17.9 Å². The number of morpholine rings is 1. The summed E-state index contributed by atoms with van der Waals surface area (Å²) in [4.78, 5) is 25.5. The molecule has 0 spiro atoms. The van der Waals surface area contributed by atoms with E-state index in [9.17, 15) is 14.7 Å². The van der Waals surface area contributed by atoms with Crippen LogP contribution in [0.1, 0.15) is 32.6 Å². The maximum Gasteiger partial charge on any atom is 0.307 e. The molecule has 2 aliphatic rings. The summed E-state index contributed by atoms with van der Waals surface area (Å²) < 4.78 is 5.31. The van der Waals surface area contributed by atoms with Gasteiger partial charge in [0.1, 0.15) is 0 Å². The highest BCUT2D eigenvalue weighted by molar-refractivity contribution is 5.85. The van der Waals surface area contributed by atoms with Crippen molar-refractivity contribution in [2.45, 2.75) is 38.6 Å². The summed E-state index contributed by atoms with van der Waals surface area (Å²) in [6.45, 7) is 3.65. The lowest BCUT2D eigenvalue weighted by Gasteiger charge is -2.38. The number of hydrogen-bond acceptors (Lipinski definition) is 3. The number of aliphatic carboxylic acids is 1. The van der Waals surface area contributed by atoms with Crippen molar-refractivity contribution in [1.29, 1.82) is 0 Å². The van der Waals surface area contributed by atoms with Crippen LogP contribution < -0.4 is 0 Å². The number of carboxylic acids is 1. The third-order valence-corrected chi connectivity index (χ3v) is 4.05. The average molecular weight is 255 g/mol. The molecule has 5 nitrogen and oxygen atoms in total. The fraction of sp³-hybridized carbons (Fsp3) is 0.846. The predicted octanol–water partition coefficient (Wildman–Crippen LogP) is 1.12. The molecule has 0 aromatic rings. The molecule has 1 aliphatic carbocycles. The second kappa shape index (κ2) is 5.69. The highest BCUT2D eigenvalue weighted by atomic mass is 16.5.